The molecule has 0 atom stereocenters. The fourth-order valence-electron chi connectivity index (χ4n) is 4.93. The molecule has 10 heteroatoms. The van der Waals surface area contributed by atoms with Crippen LogP contribution in [0.2, 0.25) is 0 Å². The van der Waals surface area contributed by atoms with Crippen LogP contribution in [0.25, 0.3) is 10.9 Å². The maximum Gasteiger partial charge on any atom is 0.266 e. The van der Waals surface area contributed by atoms with Crippen molar-refractivity contribution in [3.8, 4) is 0 Å². The normalized spacial score (nSPS) is 17.9. The second kappa shape index (κ2) is 9.07. The Morgan fingerprint density at radius 2 is 2.03 bits per heavy atom. The van der Waals surface area contributed by atoms with Gasteiger partial charge in [0, 0.05) is 43.9 Å². The molecule has 7 nitrogen and oxygen atoms in total. The first-order chi connectivity index (χ1) is 16.8. The third kappa shape index (κ3) is 4.31. The average Bonchev–Trinajstić information content (AvgIpc) is 3.32. The standard InChI is InChI=1S/C25H26F3N5O2/c1-15(34)32-10-7-25(35,8-11-32)20-12-18-19(14-29-20)33-9-3-6-21(33)31-24(18)30-13-16-4-2-5-17(22(16)26)23(27)28/h2,4-5,12,14,23,35H,3,6-11,13H2,1H3/b30-24-. The van der Waals surface area contributed by atoms with Crippen molar-refractivity contribution in [2.24, 2.45) is 4.99 Å². The van der Waals surface area contributed by atoms with Gasteiger partial charge in [-0.15, -0.1) is 0 Å². The van der Waals surface area contributed by atoms with Crippen molar-refractivity contribution in [3.05, 3.63) is 64.4 Å². The number of benzene rings is 1. The number of hydrogen-bond donors (Lipinski definition) is 1. The summed E-state index contributed by atoms with van der Waals surface area (Å²) in [6, 6.07) is 5.67. The van der Waals surface area contributed by atoms with Gasteiger partial charge in [0.2, 0.25) is 5.91 Å². The quantitative estimate of drug-likeness (QED) is 0.614. The largest absolute Gasteiger partial charge is 0.383 e. The number of pyridine rings is 1. The van der Waals surface area contributed by atoms with Gasteiger partial charge in [-0.1, -0.05) is 18.2 Å². The molecule has 0 spiro atoms. The summed E-state index contributed by atoms with van der Waals surface area (Å²) >= 11 is 0. The number of aromatic nitrogens is 3. The number of rotatable bonds is 4. The third-order valence-corrected chi connectivity index (χ3v) is 7.00. The van der Waals surface area contributed by atoms with E-state index in [1.54, 1.807) is 17.2 Å². The van der Waals surface area contributed by atoms with Gasteiger partial charge in [-0.05, 0) is 25.3 Å². The lowest BCUT2D eigenvalue weighted by Gasteiger charge is -2.37. The fourth-order valence-corrected chi connectivity index (χ4v) is 4.93. The van der Waals surface area contributed by atoms with Crippen LogP contribution in [-0.2, 0) is 29.9 Å². The number of carbonyl (C=O) groups is 1. The van der Waals surface area contributed by atoms with E-state index in [0.717, 1.165) is 36.8 Å². The van der Waals surface area contributed by atoms with Gasteiger partial charge in [0.15, 0.2) is 5.49 Å². The van der Waals surface area contributed by atoms with E-state index in [1.165, 1.54) is 19.1 Å². The zero-order chi connectivity index (χ0) is 24.7. The number of nitrogens with zero attached hydrogens (tertiary/aromatic N) is 5. The highest BCUT2D eigenvalue weighted by molar-refractivity contribution is 5.78. The molecule has 2 aliphatic heterocycles. The summed E-state index contributed by atoms with van der Waals surface area (Å²) in [5, 5.41) is 12.0. The highest BCUT2D eigenvalue weighted by Gasteiger charge is 2.36. The van der Waals surface area contributed by atoms with Crippen LogP contribution in [-0.4, -0.2) is 43.5 Å². The Kier molecular flexibility index (Phi) is 6.08. The van der Waals surface area contributed by atoms with Crippen molar-refractivity contribution < 1.29 is 23.1 Å². The van der Waals surface area contributed by atoms with Crippen LogP contribution in [0.3, 0.4) is 0 Å². The van der Waals surface area contributed by atoms with Gasteiger partial charge in [-0.2, -0.15) is 0 Å². The molecule has 0 bridgehead atoms. The highest BCUT2D eigenvalue weighted by atomic mass is 19.3. The maximum atomic E-state index is 14.6. The summed E-state index contributed by atoms with van der Waals surface area (Å²) in [7, 11) is 0. The highest BCUT2D eigenvalue weighted by Crippen LogP contribution is 2.33. The molecule has 1 fully saturated rings. The predicted octanol–water partition coefficient (Wildman–Crippen LogP) is 3.39. The van der Waals surface area contributed by atoms with Crippen molar-refractivity contribution in [3.63, 3.8) is 0 Å². The minimum atomic E-state index is -2.91. The number of halogens is 3. The molecule has 5 rings (SSSR count). The minimum absolute atomic E-state index is 0.0288. The van der Waals surface area contributed by atoms with Gasteiger partial charge in [0.1, 0.15) is 17.2 Å². The van der Waals surface area contributed by atoms with E-state index in [1.807, 2.05) is 0 Å². The van der Waals surface area contributed by atoms with Crippen molar-refractivity contribution >= 4 is 16.8 Å². The van der Waals surface area contributed by atoms with Crippen LogP contribution in [0.4, 0.5) is 13.2 Å². The number of hydrogen-bond acceptors (Lipinski definition) is 5. The molecule has 0 saturated carbocycles. The molecule has 1 saturated heterocycles. The first kappa shape index (κ1) is 23.5. The number of alkyl halides is 2. The molecule has 2 aliphatic rings. The molecule has 184 valence electrons. The lowest BCUT2D eigenvalue weighted by molar-refractivity contribution is -0.133. The SMILES string of the molecule is CC(=O)N1CCC(O)(c2cc3/c(=N/Cc4cccc(C(F)F)c4F)nc4n(c3cn2)CCC4)CC1. The van der Waals surface area contributed by atoms with Gasteiger partial charge in [-0.3, -0.25) is 14.8 Å². The summed E-state index contributed by atoms with van der Waals surface area (Å²) < 4.78 is 42.9. The molecule has 0 radical (unpaired) electrons. The number of likely N-dealkylation sites (tertiary alicyclic amines) is 1. The van der Waals surface area contributed by atoms with Crippen LogP contribution in [0.15, 0.2) is 35.5 Å². The van der Waals surface area contributed by atoms with Crippen molar-refractivity contribution in [1.82, 2.24) is 19.4 Å². The first-order valence-corrected chi connectivity index (χ1v) is 11.7. The van der Waals surface area contributed by atoms with Crippen LogP contribution < -0.4 is 5.49 Å². The van der Waals surface area contributed by atoms with E-state index in [4.69, 9.17) is 4.98 Å². The van der Waals surface area contributed by atoms with Crippen LogP contribution in [0, 0.1) is 5.82 Å². The molecule has 0 aliphatic carbocycles. The molecule has 4 heterocycles. The Hall–Kier alpha value is -3.27. The second-order valence-electron chi connectivity index (χ2n) is 9.17. The number of aliphatic hydroxyl groups is 1. The number of carbonyl (C=O) groups excluding carboxylic acids is 1. The molecular formula is C25H26F3N5O2. The molecule has 0 unspecified atom stereocenters. The van der Waals surface area contributed by atoms with E-state index >= 15 is 0 Å². The summed E-state index contributed by atoms with van der Waals surface area (Å²) in [6.45, 7) is 3.01. The molecule has 1 aromatic carbocycles. The molecular weight excluding hydrogens is 459 g/mol. The lowest BCUT2D eigenvalue weighted by Crippen LogP contribution is -2.44. The number of fused-ring (bicyclic) bond motifs is 3. The fraction of sp³-hybridized carbons (Fsp3) is 0.440. The second-order valence-corrected chi connectivity index (χ2v) is 9.17. The van der Waals surface area contributed by atoms with E-state index < -0.39 is 23.4 Å². The van der Waals surface area contributed by atoms with Gasteiger partial charge in [-0.25, -0.2) is 18.2 Å². The van der Waals surface area contributed by atoms with Crippen molar-refractivity contribution in [1.29, 1.82) is 0 Å². The van der Waals surface area contributed by atoms with E-state index in [0.29, 0.717) is 42.5 Å². The molecule has 3 aromatic rings. The van der Waals surface area contributed by atoms with Crippen LogP contribution >= 0.6 is 0 Å². The zero-order valence-electron chi connectivity index (χ0n) is 19.3. The maximum absolute atomic E-state index is 14.6. The molecule has 2 aromatic heterocycles. The Balaban J connectivity index is 1.57. The Bertz CT molecular complexity index is 1360. The van der Waals surface area contributed by atoms with Crippen molar-refractivity contribution in [2.45, 2.75) is 57.7 Å². The summed E-state index contributed by atoms with van der Waals surface area (Å²) in [4.78, 5) is 27.2. The minimum Gasteiger partial charge on any atom is -0.383 e. The summed E-state index contributed by atoms with van der Waals surface area (Å²) in [5.74, 6) is -0.153. The topological polar surface area (TPSA) is 83.6 Å². The number of amides is 1. The van der Waals surface area contributed by atoms with Gasteiger partial charge >= 0.3 is 0 Å². The zero-order valence-corrected chi connectivity index (χ0v) is 19.3. The van der Waals surface area contributed by atoms with E-state index in [9.17, 15) is 23.1 Å². The van der Waals surface area contributed by atoms with Gasteiger partial charge in [0.05, 0.1) is 29.5 Å². The third-order valence-electron chi connectivity index (χ3n) is 7.00. The van der Waals surface area contributed by atoms with E-state index in [2.05, 4.69) is 14.5 Å². The monoisotopic (exact) mass is 485 g/mol. The number of aryl methyl sites for hydroxylation is 2. The Labute approximate surface area is 200 Å². The Morgan fingerprint density at radius 1 is 1.26 bits per heavy atom. The predicted molar refractivity (Wildman–Crippen MR) is 122 cm³/mol. The van der Waals surface area contributed by atoms with Crippen molar-refractivity contribution in [2.75, 3.05) is 13.1 Å². The number of piperidine rings is 1. The van der Waals surface area contributed by atoms with Gasteiger partial charge < -0.3 is 14.6 Å². The molecule has 1 N–H and O–H groups in total. The Morgan fingerprint density at radius 3 is 2.74 bits per heavy atom. The van der Waals surface area contributed by atoms with Crippen LogP contribution in [0.1, 0.15) is 55.3 Å². The smallest absolute Gasteiger partial charge is 0.266 e. The lowest BCUT2D eigenvalue weighted by atomic mass is 9.87. The first-order valence-electron chi connectivity index (χ1n) is 11.7. The molecule has 1 amide bonds. The summed E-state index contributed by atoms with van der Waals surface area (Å²) in [6.07, 6.45) is 1.19. The van der Waals surface area contributed by atoms with Gasteiger partial charge in [0.25, 0.3) is 6.43 Å². The molecule has 35 heavy (non-hydrogen) atoms. The average molecular weight is 486 g/mol. The van der Waals surface area contributed by atoms with E-state index in [-0.39, 0.29) is 18.0 Å². The summed E-state index contributed by atoms with van der Waals surface area (Å²) in [5.41, 5.74) is -0.138. The van der Waals surface area contributed by atoms with Crippen LogP contribution in [0.5, 0.6) is 0 Å².